The quantitative estimate of drug-likeness (QED) is 0.813. The van der Waals surface area contributed by atoms with Crippen LogP contribution in [0.25, 0.3) is 0 Å². The Morgan fingerprint density at radius 3 is 2.22 bits per heavy atom. The smallest absolute Gasteiger partial charge is 0.410 e. The fraction of sp³-hybridized carbons (Fsp3) is 0.778. The maximum absolute atomic E-state index is 12.1. The fourth-order valence-electron chi connectivity index (χ4n) is 2.90. The van der Waals surface area contributed by atoms with Gasteiger partial charge in [0.2, 0.25) is 0 Å². The lowest BCUT2D eigenvalue weighted by molar-refractivity contribution is -0.117. The molecule has 23 heavy (non-hydrogen) atoms. The highest BCUT2D eigenvalue weighted by atomic mass is 16.6. The number of ether oxygens (including phenoxy) is 1. The van der Waals surface area contributed by atoms with Crippen molar-refractivity contribution in [1.29, 1.82) is 0 Å². The average Bonchev–Trinajstić information content (AvgIpc) is 2.43. The van der Waals surface area contributed by atoms with Crippen molar-refractivity contribution in [2.75, 3.05) is 13.1 Å². The summed E-state index contributed by atoms with van der Waals surface area (Å²) in [5, 5.41) is 3.02. The van der Waals surface area contributed by atoms with Crippen LogP contribution in [0.3, 0.4) is 0 Å². The zero-order valence-electron chi connectivity index (χ0n) is 15.2. The van der Waals surface area contributed by atoms with Crippen molar-refractivity contribution in [1.82, 2.24) is 10.2 Å². The summed E-state index contributed by atoms with van der Waals surface area (Å²) in [6.07, 6.45) is 1.47. The first-order chi connectivity index (χ1) is 10.6. The first-order valence-corrected chi connectivity index (χ1v) is 8.35. The molecule has 1 rings (SSSR count). The standard InChI is InChI=1S/C18H30N2O3/c1-7-8-15(21)19-16(13(2)3)14-9-11-20(12-10-14)17(22)23-18(4,5)6/h13-14,16H,9-12H2,1-6H3,(H,19,21). The van der Waals surface area contributed by atoms with E-state index in [1.165, 1.54) is 0 Å². The van der Waals surface area contributed by atoms with Gasteiger partial charge >= 0.3 is 6.09 Å². The van der Waals surface area contributed by atoms with Crippen LogP contribution < -0.4 is 5.32 Å². The van der Waals surface area contributed by atoms with Crippen molar-refractivity contribution in [3.63, 3.8) is 0 Å². The highest BCUT2D eigenvalue weighted by Crippen LogP contribution is 2.26. The van der Waals surface area contributed by atoms with E-state index in [4.69, 9.17) is 4.74 Å². The molecule has 1 heterocycles. The Hall–Kier alpha value is -1.70. The number of hydrogen-bond acceptors (Lipinski definition) is 3. The van der Waals surface area contributed by atoms with Gasteiger partial charge in [-0.1, -0.05) is 19.8 Å². The minimum atomic E-state index is -0.471. The van der Waals surface area contributed by atoms with Gasteiger partial charge in [-0.2, -0.15) is 0 Å². The molecule has 0 spiro atoms. The topological polar surface area (TPSA) is 58.6 Å². The van der Waals surface area contributed by atoms with Crippen LogP contribution in [0.5, 0.6) is 0 Å². The Labute approximate surface area is 140 Å². The van der Waals surface area contributed by atoms with Gasteiger partial charge in [-0.15, -0.1) is 0 Å². The molecule has 0 saturated carbocycles. The molecule has 0 radical (unpaired) electrons. The summed E-state index contributed by atoms with van der Waals surface area (Å²) in [7, 11) is 0. The lowest BCUT2D eigenvalue weighted by Crippen LogP contribution is -2.49. The number of nitrogens with zero attached hydrogens (tertiary/aromatic N) is 1. The number of likely N-dealkylation sites (tertiary alicyclic amines) is 1. The number of nitrogens with one attached hydrogen (secondary N) is 1. The lowest BCUT2D eigenvalue weighted by Gasteiger charge is -2.38. The van der Waals surface area contributed by atoms with Crippen LogP contribution in [0.2, 0.25) is 0 Å². The van der Waals surface area contributed by atoms with Gasteiger partial charge in [0.05, 0.1) is 0 Å². The van der Waals surface area contributed by atoms with E-state index in [0.717, 1.165) is 12.8 Å². The summed E-state index contributed by atoms with van der Waals surface area (Å²) in [6.45, 7) is 12.8. The van der Waals surface area contributed by atoms with Gasteiger partial charge in [0, 0.05) is 19.1 Å². The van der Waals surface area contributed by atoms with Gasteiger partial charge < -0.3 is 15.0 Å². The predicted octanol–water partition coefficient (Wildman–Crippen LogP) is 2.80. The Morgan fingerprint density at radius 2 is 1.78 bits per heavy atom. The highest BCUT2D eigenvalue weighted by molar-refractivity contribution is 5.93. The second kappa shape index (κ2) is 8.24. The van der Waals surface area contributed by atoms with Crippen molar-refractivity contribution in [3.8, 4) is 11.8 Å². The van der Waals surface area contributed by atoms with Crippen molar-refractivity contribution >= 4 is 12.0 Å². The van der Waals surface area contributed by atoms with Gasteiger partial charge in [0.15, 0.2) is 0 Å². The van der Waals surface area contributed by atoms with Crippen LogP contribution in [0.1, 0.15) is 54.4 Å². The third-order valence-electron chi connectivity index (χ3n) is 3.95. The summed E-state index contributed by atoms with van der Waals surface area (Å²) in [6, 6.07) is 0.0872. The van der Waals surface area contributed by atoms with Gasteiger partial charge in [0.1, 0.15) is 5.60 Å². The van der Waals surface area contributed by atoms with Crippen molar-refractivity contribution in [2.45, 2.75) is 66.0 Å². The Balaban J connectivity index is 2.59. The van der Waals surface area contributed by atoms with Crippen LogP contribution in [0.4, 0.5) is 4.79 Å². The normalized spacial score (nSPS) is 17.3. The number of rotatable bonds is 3. The largest absolute Gasteiger partial charge is 0.444 e. The second-order valence-electron chi connectivity index (χ2n) is 7.42. The van der Waals surface area contributed by atoms with E-state index in [1.807, 2.05) is 20.8 Å². The summed E-state index contributed by atoms with van der Waals surface area (Å²) >= 11 is 0. The van der Waals surface area contributed by atoms with E-state index in [-0.39, 0.29) is 18.0 Å². The number of piperidine rings is 1. The van der Waals surface area contributed by atoms with Crippen LogP contribution in [-0.4, -0.2) is 41.6 Å². The molecule has 0 bridgehead atoms. The third kappa shape index (κ3) is 6.52. The minimum absolute atomic E-state index is 0.0872. The SMILES string of the molecule is CC#CC(=O)NC(C(C)C)C1CCN(C(=O)OC(C)(C)C)CC1. The van der Waals surface area contributed by atoms with E-state index in [2.05, 4.69) is 31.0 Å². The van der Waals surface area contributed by atoms with E-state index < -0.39 is 5.60 Å². The molecule has 130 valence electrons. The van der Waals surface area contributed by atoms with Crippen LogP contribution >= 0.6 is 0 Å². The number of hydrogen-bond donors (Lipinski definition) is 1. The molecule has 1 N–H and O–H groups in total. The summed E-state index contributed by atoms with van der Waals surface area (Å²) in [5.74, 6) is 5.63. The van der Waals surface area contributed by atoms with Gasteiger partial charge in [-0.05, 0) is 58.3 Å². The van der Waals surface area contributed by atoms with E-state index >= 15 is 0 Å². The third-order valence-corrected chi connectivity index (χ3v) is 3.95. The first kappa shape index (κ1) is 19.3. The summed E-state index contributed by atoms with van der Waals surface area (Å²) < 4.78 is 5.42. The molecule has 0 aromatic rings. The minimum Gasteiger partial charge on any atom is -0.444 e. The molecular weight excluding hydrogens is 292 g/mol. The summed E-state index contributed by atoms with van der Waals surface area (Å²) in [4.78, 5) is 25.6. The Morgan fingerprint density at radius 1 is 1.22 bits per heavy atom. The van der Waals surface area contributed by atoms with Gasteiger partial charge in [0.25, 0.3) is 5.91 Å². The summed E-state index contributed by atoms with van der Waals surface area (Å²) in [5.41, 5.74) is -0.471. The van der Waals surface area contributed by atoms with Crippen molar-refractivity contribution in [3.05, 3.63) is 0 Å². The van der Waals surface area contributed by atoms with Crippen molar-refractivity contribution < 1.29 is 14.3 Å². The molecule has 5 heteroatoms. The molecule has 1 atom stereocenters. The molecule has 1 fully saturated rings. The monoisotopic (exact) mass is 322 g/mol. The van der Waals surface area contributed by atoms with E-state index in [9.17, 15) is 9.59 Å². The molecular formula is C18H30N2O3. The molecule has 1 saturated heterocycles. The molecule has 0 aromatic heterocycles. The fourth-order valence-corrected chi connectivity index (χ4v) is 2.90. The molecule has 5 nitrogen and oxygen atoms in total. The lowest BCUT2D eigenvalue weighted by atomic mass is 9.83. The maximum Gasteiger partial charge on any atom is 0.410 e. The van der Waals surface area contributed by atoms with Crippen LogP contribution in [-0.2, 0) is 9.53 Å². The first-order valence-electron chi connectivity index (χ1n) is 8.35. The molecule has 0 aliphatic carbocycles. The Kier molecular flexibility index (Phi) is 6.93. The number of carbonyl (C=O) groups is 2. The molecule has 1 unspecified atom stereocenters. The second-order valence-corrected chi connectivity index (χ2v) is 7.42. The predicted molar refractivity (Wildman–Crippen MR) is 90.7 cm³/mol. The maximum atomic E-state index is 12.1. The molecule has 1 aliphatic heterocycles. The molecule has 2 amide bonds. The number of amides is 2. The van der Waals surface area contributed by atoms with Crippen molar-refractivity contribution in [2.24, 2.45) is 11.8 Å². The Bertz CT molecular complexity index is 475. The van der Waals surface area contributed by atoms with Crippen LogP contribution in [0, 0.1) is 23.7 Å². The van der Waals surface area contributed by atoms with Gasteiger partial charge in [-0.25, -0.2) is 4.79 Å². The van der Waals surface area contributed by atoms with E-state index in [1.54, 1.807) is 11.8 Å². The van der Waals surface area contributed by atoms with Crippen LogP contribution in [0.15, 0.2) is 0 Å². The van der Waals surface area contributed by atoms with Gasteiger partial charge in [-0.3, -0.25) is 4.79 Å². The zero-order valence-corrected chi connectivity index (χ0v) is 15.2. The number of carbonyl (C=O) groups excluding carboxylic acids is 2. The van der Waals surface area contributed by atoms with E-state index in [0.29, 0.717) is 24.9 Å². The zero-order chi connectivity index (χ0) is 17.6. The molecule has 0 aromatic carbocycles. The highest BCUT2D eigenvalue weighted by Gasteiger charge is 2.32. The average molecular weight is 322 g/mol. The molecule has 1 aliphatic rings.